The average Bonchev–Trinajstić information content (AvgIpc) is 3.23. The number of hydrogen-bond donors (Lipinski definition) is 2. The molecule has 3 rings (SSSR count). The van der Waals surface area contributed by atoms with E-state index in [4.69, 9.17) is 16.2 Å². The zero-order valence-electron chi connectivity index (χ0n) is 11.7. The van der Waals surface area contributed by atoms with Crippen LogP contribution >= 0.6 is 0 Å². The third-order valence-corrected chi connectivity index (χ3v) is 4.66. The third kappa shape index (κ3) is 2.76. The second-order valence-electron chi connectivity index (χ2n) is 6.16. The first kappa shape index (κ1) is 13.3. The predicted molar refractivity (Wildman–Crippen MR) is 76.1 cm³/mol. The van der Waals surface area contributed by atoms with E-state index in [9.17, 15) is 4.79 Å². The number of carbonyl (C=O) groups is 1. The van der Waals surface area contributed by atoms with E-state index in [2.05, 4.69) is 0 Å². The van der Waals surface area contributed by atoms with Gasteiger partial charge in [0.05, 0.1) is 0 Å². The van der Waals surface area contributed by atoms with Gasteiger partial charge in [-0.2, -0.15) is 0 Å². The fourth-order valence-electron chi connectivity index (χ4n) is 3.39. The predicted octanol–water partition coefficient (Wildman–Crippen LogP) is 1.21. The van der Waals surface area contributed by atoms with Crippen LogP contribution in [-0.2, 0) is 9.53 Å². The molecule has 3 fully saturated rings. The summed E-state index contributed by atoms with van der Waals surface area (Å²) in [6.45, 7) is 0. The summed E-state index contributed by atoms with van der Waals surface area (Å²) >= 11 is 0. The van der Waals surface area contributed by atoms with Crippen LogP contribution in [0.25, 0.3) is 0 Å². The van der Waals surface area contributed by atoms with Crippen LogP contribution in [0.15, 0.2) is 23.7 Å². The molecular formula is C15H23N3O2. The van der Waals surface area contributed by atoms with E-state index in [1.54, 1.807) is 6.08 Å². The van der Waals surface area contributed by atoms with Gasteiger partial charge in [-0.15, -0.1) is 0 Å². The molecule has 4 N–H and O–H groups in total. The van der Waals surface area contributed by atoms with E-state index in [1.807, 2.05) is 11.0 Å². The van der Waals surface area contributed by atoms with Gasteiger partial charge in [0.15, 0.2) is 5.88 Å². The average molecular weight is 277 g/mol. The molecule has 1 amide bonds. The Morgan fingerprint density at radius 2 is 1.70 bits per heavy atom. The zero-order valence-corrected chi connectivity index (χ0v) is 11.7. The lowest BCUT2D eigenvalue weighted by atomic mass is 10.0. The topological polar surface area (TPSA) is 81.6 Å². The van der Waals surface area contributed by atoms with E-state index in [-0.39, 0.29) is 6.10 Å². The van der Waals surface area contributed by atoms with Crippen molar-refractivity contribution < 1.29 is 9.53 Å². The first-order valence-electron chi connectivity index (χ1n) is 7.49. The van der Waals surface area contributed by atoms with Crippen molar-refractivity contribution in [3.8, 4) is 0 Å². The van der Waals surface area contributed by atoms with Crippen LogP contribution in [-0.4, -0.2) is 29.5 Å². The van der Waals surface area contributed by atoms with Gasteiger partial charge in [-0.3, -0.25) is 4.79 Å². The lowest BCUT2D eigenvalue weighted by Gasteiger charge is -2.36. The van der Waals surface area contributed by atoms with Gasteiger partial charge in [-0.05, 0) is 43.8 Å². The Kier molecular flexibility index (Phi) is 3.59. The van der Waals surface area contributed by atoms with Crippen LogP contribution < -0.4 is 11.5 Å². The van der Waals surface area contributed by atoms with E-state index in [1.165, 1.54) is 12.8 Å². The number of fused-ring (bicyclic) bond motifs is 2. The summed E-state index contributed by atoms with van der Waals surface area (Å²) in [5.74, 6) is 0.975. The highest BCUT2D eigenvalue weighted by Crippen LogP contribution is 2.36. The van der Waals surface area contributed by atoms with E-state index in [0.717, 1.165) is 37.8 Å². The Bertz CT molecular complexity index is 428. The molecule has 3 atom stereocenters. The molecule has 2 bridgehead atoms. The van der Waals surface area contributed by atoms with Crippen molar-refractivity contribution in [2.45, 2.75) is 56.7 Å². The zero-order chi connectivity index (χ0) is 14.1. The van der Waals surface area contributed by atoms with Crippen LogP contribution in [0, 0.1) is 5.92 Å². The van der Waals surface area contributed by atoms with Crippen molar-refractivity contribution >= 4 is 6.41 Å². The summed E-state index contributed by atoms with van der Waals surface area (Å²) in [6.07, 6.45) is 11.0. The number of allylic oxidation sites excluding steroid dienone is 3. The fourth-order valence-corrected chi connectivity index (χ4v) is 3.39. The maximum atomic E-state index is 11.0. The second-order valence-corrected chi connectivity index (χ2v) is 6.16. The lowest BCUT2D eigenvalue weighted by molar-refractivity contribution is -0.124. The number of nitrogens with zero attached hydrogens (tertiary/aromatic N) is 1. The molecule has 0 aromatic heterocycles. The molecule has 5 heteroatoms. The molecule has 5 nitrogen and oxygen atoms in total. The molecule has 2 saturated heterocycles. The summed E-state index contributed by atoms with van der Waals surface area (Å²) in [5.41, 5.74) is 12.7. The van der Waals surface area contributed by atoms with Crippen LogP contribution in [0.2, 0.25) is 0 Å². The number of amides is 1. The molecule has 0 aromatic carbocycles. The molecule has 1 unspecified atom stereocenters. The first-order chi connectivity index (χ1) is 9.67. The van der Waals surface area contributed by atoms with Gasteiger partial charge in [0.1, 0.15) is 6.10 Å². The van der Waals surface area contributed by atoms with Crippen LogP contribution in [0.1, 0.15) is 38.5 Å². The Balaban J connectivity index is 1.55. The first-order valence-corrected chi connectivity index (χ1v) is 7.49. The number of carbonyl (C=O) groups excluding carboxylic acids is 1. The van der Waals surface area contributed by atoms with Crippen molar-refractivity contribution in [2.24, 2.45) is 17.4 Å². The van der Waals surface area contributed by atoms with Crippen molar-refractivity contribution in [1.82, 2.24) is 4.90 Å². The summed E-state index contributed by atoms with van der Waals surface area (Å²) in [4.78, 5) is 13.0. The molecule has 2 heterocycles. The molecule has 2 aliphatic heterocycles. The molecule has 0 radical (unpaired) electrons. The van der Waals surface area contributed by atoms with Crippen molar-refractivity contribution in [2.75, 3.05) is 0 Å². The van der Waals surface area contributed by atoms with E-state index < -0.39 is 0 Å². The highest BCUT2D eigenvalue weighted by atomic mass is 16.5. The van der Waals surface area contributed by atoms with Gasteiger partial charge < -0.3 is 21.1 Å². The highest BCUT2D eigenvalue weighted by molar-refractivity contribution is 5.49. The van der Waals surface area contributed by atoms with Crippen molar-refractivity contribution in [3.63, 3.8) is 0 Å². The SMILES string of the molecule is N/C(=C\C=C(/N)OC1C[C@H]2CC[C@@H](C1)N2C=O)C1CC1. The second kappa shape index (κ2) is 5.38. The normalized spacial score (nSPS) is 34.2. The summed E-state index contributed by atoms with van der Waals surface area (Å²) in [5, 5.41) is 0. The number of piperidine rings is 1. The van der Waals surface area contributed by atoms with Gasteiger partial charge in [0, 0.05) is 30.6 Å². The molecule has 0 spiro atoms. The minimum absolute atomic E-state index is 0.121. The maximum absolute atomic E-state index is 11.0. The van der Waals surface area contributed by atoms with Gasteiger partial charge in [0.25, 0.3) is 0 Å². The number of ether oxygens (including phenoxy) is 1. The number of rotatable bonds is 5. The Morgan fingerprint density at radius 1 is 1.05 bits per heavy atom. The quantitative estimate of drug-likeness (QED) is 0.449. The summed E-state index contributed by atoms with van der Waals surface area (Å²) < 4.78 is 5.81. The van der Waals surface area contributed by atoms with Crippen molar-refractivity contribution in [3.05, 3.63) is 23.7 Å². The van der Waals surface area contributed by atoms with E-state index in [0.29, 0.717) is 23.9 Å². The Labute approximate surface area is 119 Å². The van der Waals surface area contributed by atoms with Gasteiger partial charge >= 0.3 is 0 Å². The van der Waals surface area contributed by atoms with Gasteiger partial charge in [0.2, 0.25) is 6.41 Å². The molecule has 1 saturated carbocycles. The smallest absolute Gasteiger partial charge is 0.210 e. The Morgan fingerprint density at radius 3 is 2.25 bits per heavy atom. The van der Waals surface area contributed by atoms with Crippen LogP contribution in [0.3, 0.4) is 0 Å². The summed E-state index contributed by atoms with van der Waals surface area (Å²) in [6, 6.07) is 0.659. The largest absolute Gasteiger partial charge is 0.476 e. The van der Waals surface area contributed by atoms with Crippen LogP contribution in [0.4, 0.5) is 0 Å². The minimum atomic E-state index is 0.121. The van der Waals surface area contributed by atoms with Gasteiger partial charge in [-0.1, -0.05) is 0 Å². The standard InChI is InChI=1S/C15H23N3O2/c16-14(10-1-2-10)5-6-15(17)20-13-7-11-3-4-12(8-13)18(11)9-19/h5-6,9-13H,1-4,7-8,16-17H2/b14-5-,15-6+/t11-,12+,13?. The fraction of sp³-hybridized carbons (Fsp3) is 0.667. The van der Waals surface area contributed by atoms with Crippen LogP contribution in [0.5, 0.6) is 0 Å². The molecule has 0 aromatic rings. The molecule has 20 heavy (non-hydrogen) atoms. The molecule has 110 valence electrons. The minimum Gasteiger partial charge on any atom is -0.476 e. The molecular weight excluding hydrogens is 254 g/mol. The number of hydrogen-bond acceptors (Lipinski definition) is 4. The molecule has 3 aliphatic rings. The Hall–Kier alpha value is -1.65. The number of nitrogens with two attached hydrogens (primary N) is 2. The van der Waals surface area contributed by atoms with Gasteiger partial charge in [-0.25, -0.2) is 0 Å². The monoisotopic (exact) mass is 277 g/mol. The maximum Gasteiger partial charge on any atom is 0.210 e. The molecule has 1 aliphatic carbocycles. The lowest BCUT2D eigenvalue weighted by Crippen LogP contribution is -2.44. The summed E-state index contributed by atoms with van der Waals surface area (Å²) in [7, 11) is 0. The third-order valence-electron chi connectivity index (χ3n) is 4.66. The van der Waals surface area contributed by atoms with E-state index >= 15 is 0 Å². The van der Waals surface area contributed by atoms with Crippen molar-refractivity contribution in [1.29, 1.82) is 0 Å². The highest BCUT2D eigenvalue weighted by Gasteiger charge is 2.40.